The van der Waals surface area contributed by atoms with Crippen molar-refractivity contribution in [2.24, 2.45) is 0 Å². The van der Waals surface area contributed by atoms with E-state index in [4.69, 9.17) is 5.11 Å². The van der Waals surface area contributed by atoms with Gasteiger partial charge in [0.25, 0.3) is 0 Å². The Labute approximate surface area is 76.3 Å². The monoisotopic (exact) mass is 174 g/mol. The van der Waals surface area contributed by atoms with Crippen LogP contribution < -0.4 is 0 Å². The van der Waals surface area contributed by atoms with Crippen LogP contribution in [0.4, 0.5) is 0 Å². The molecular weight excluding hydrogens is 164 g/mol. The van der Waals surface area contributed by atoms with Gasteiger partial charge < -0.3 is 9.67 Å². The number of aryl methyl sites for hydroxylation is 1. The second kappa shape index (κ2) is 2.94. The lowest BCUT2D eigenvalue weighted by molar-refractivity contribution is 0.475. The molecule has 0 saturated heterocycles. The summed E-state index contributed by atoms with van der Waals surface area (Å²) in [7, 11) is 0. The lowest BCUT2D eigenvalue weighted by Gasteiger charge is -2.00. The second-order valence-electron chi connectivity index (χ2n) is 2.94. The molecule has 0 aliphatic carbocycles. The maximum Gasteiger partial charge on any atom is 0.115 e. The first-order valence-corrected chi connectivity index (χ1v) is 4.06. The fourth-order valence-electron chi connectivity index (χ4n) is 1.19. The van der Waals surface area contributed by atoms with Crippen LogP contribution in [-0.4, -0.2) is 14.7 Å². The molecule has 0 radical (unpaired) electrons. The minimum absolute atomic E-state index is 0.278. The van der Waals surface area contributed by atoms with Gasteiger partial charge in [0.15, 0.2) is 0 Å². The van der Waals surface area contributed by atoms with Crippen molar-refractivity contribution in [3.8, 4) is 11.4 Å². The Kier molecular flexibility index (Phi) is 1.77. The molecule has 1 aromatic carbocycles. The zero-order chi connectivity index (χ0) is 9.26. The highest BCUT2D eigenvalue weighted by molar-refractivity contribution is 5.36. The van der Waals surface area contributed by atoms with Crippen molar-refractivity contribution in [3.63, 3.8) is 0 Å². The van der Waals surface area contributed by atoms with Crippen molar-refractivity contribution >= 4 is 0 Å². The molecule has 0 saturated carbocycles. The molecule has 0 amide bonds. The van der Waals surface area contributed by atoms with E-state index in [0.717, 1.165) is 11.4 Å². The van der Waals surface area contributed by atoms with Gasteiger partial charge in [0.05, 0.1) is 12.0 Å². The molecule has 2 rings (SSSR count). The summed E-state index contributed by atoms with van der Waals surface area (Å²) < 4.78 is 1.91. The Hall–Kier alpha value is -1.77. The van der Waals surface area contributed by atoms with Gasteiger partial charge in [-0.05, 0) is 31.2 Å². The Bertz CT molecular complexity index is 403. The topological polar surface area (TPSA) is 38.0 Å². The van der Waals surface area contributed by atoms with Crippen LogP contribution >= 0.6 is 0 Å². The van der Waals surface area contributed by atoms with Gasteiger partial charge in [0, 0.05) is 11.9 Å². The van der Waals surface area contributed by atoms with Gasteiger partial charge in [0.1, 0.15) is 5.75 Å². The highest BCUT2D eigenvalue weighted by Crippen LogP contribution is 2.13. The van der Waals surface area contributed by atoms with E-state index in [-0.39, 0.29) is 5.75 Å². The predicted molar refractivity (Wildman–Crippen MR) is 50.0 cm³/mol. The molecule has 13 heavy (non-hydrogen) atoms. The zero-order valence-corrected chi connectivity index (χ0v) is 7.31. The molecule has 1 N–H and O–H groups in total. The van der Waals surface area contributed by atoms with Gasteiger partial charge in [-0.25, -0.2) is 4.98 Å². The molecule has 2 aromatic rings. The Morgan fingerprint density at radius 1 is 1.23 bits per heavy atom. The van der Waals surface area contributed by atoms with Gasteiger partial charge in [-0.1, -0.05) is 0 Å². The third-order valence-corrected chi connectivity index (χ3v) is 1.86. The summed E-state index contributed by atoms with van der Waals surface area (Å²) in [4.78, 5) is 4.12. The molecule has 1 aromatic heterocycles. The summed E-state index contributed by atoms with van der Waals surface area (Å²) >= 11 is 0. The number of hydrogen-bond acceptors (Lipinski definition) is 2. The van der Waals surface area contributed by atoms with Crippen LogP contribution in [0.1, 0.15) is 5.69 Å². The van der Waals surface area contributed by atoms with E-state index in [2.05, 4.69) is 4.98 Å². The summed E-state index contributed by atoms with van der Waals surface area (Å²) in [6.07, 6.45) is 3.69. The summed E-state index contributed by atoms with van der Waals surface area (Å²) in [5.41, 5.74) is 1.98. The van der Waals surface area contributed by atoms with Crippen LogP contribution in [0.2, 0.25) is 0 Å². The molecular formula is C10H10N2O. The normalized spacial score (nSPS) is 10.2. The fraction of sp³-hybridized carbons (Fsp3) is 0.100. The average molecular weight is 174 g/mol. The predicted octanol–water partition coefficient (Wildman–Crippen LogP) is 1.89. The maximum atomic E-state index is 9.08. The number of aromatic nitrogens is 2. The smallest absolute Gasteiger partial charge is 0.115 e. The van der Waals surface area contributed by atoms with E-state index < -0.39 is 0 Å². The van der Waals surface area contributed by atoms with Crippen LogP contribution in [0.15, 0.2) is 36.8 Å². The van der Waals surface area contributed by atoms with E-state index in [1.54, 1.807) is 18.5 Å². The summed E-state index contributed by atoms with van der Waals surface area (Å²) in [6.45, 7) is 1.94. The number of phenolic OH excluding ortho intramolecular Hbond substituents is 1. The average Bonchev–Trinajstić information content (AvgIpc) is 2.53. The second-order valence-corrected chi connectivity index (χ2v) is 2.94. The number of hydrogen-bond donors (Lipinski definition) is 1. The fourth-order valence-corrected chi connectivity index (χ4v) is 1.19. The number of phenols is 1. The van der Waals surface area contributed by atoms with E-state index >= 15 is 0 Å². The number of aromatic hydroxyl groups is 1. The molecule has 0 atom stereocenters. The first kappa shape index (κ1) is 7.86. The Balaban J connectivity index is 2.41. The van der Waals surface area contributed by atoms with Crippen LogP contribution in [0.3, 0.4) is 0 Å². The van der Waals surface area contributed by atoms with Crippen molar-refractivity contribution < 1.29 is 5.11 Å². The van der Waals surface area contributed by atoms with E-state index in [1.807, 2.05) is 29.8 Å². The Morgan fingerprint density at radius 2 is 1.92 bits per heavy atom. The van der Waals surface area contributed by atoms with Gasteiger partial charge >= 0.3 is 0 Å². The molecule has 0 unspecified atom stereocenters. The third kappa shape index (κ3) is 1.54. The van der Waals surface area contributed by atoms with Crippen molar-refractivity contribution in [2.75, 3.05) is 0 Å². The van der Waals surface area contributed by atoms with Crippen LogP contribution in [0.25, 0.3) is 5.69 Å². The number of imidazole rings is 1. The molecule has 0 aliphatic heterocycles. The molecule has 66 valence electrons. The third-order valence-electron chi connectivity index (χ3n) is 1.86. The number of rotatable bonds is 1. The standard InChI is InChI=1S/C10H10N2O/c1-8-6-12(7-11-8)9-2-4-10(13)5-3-9/h2-7,13H,1H3. The summed E-state index contributed by atoms with van der Waals surface area (Å²) in [5.74, 6) is 0.278. The Morgan fingerprint density at radius 3 is 2.46 bits per heavy atom. The molecule has 0 aliphatic rings. The minimum Gasteiger partial charge on any atom is -0.508 e. The minimum atomic E-state index is 0.278. The van der Waals surface area contributed by atoms with Gasteiger partial charge in [-0.15, -0.1) is 0 Å². The lowest BCUT2D eigenvalue weighted by atomic mass is 10.3. The first-order chi connectivity index (χ1) is 6.25. The lowest BCUT2D eigenvalue weighted by Crippen LogP contribution is -1.87. The van der Waals surface area contributed by atoms with Crippen LogP contribution in [0.5, 0.6) is 5.75 Å². The van der Waals surface area contributed by atoms with Crippen LogP contribution in [-0.2, 0) is 0 Å². The maximum absolute atomic E-state index is 9.08. The zero-order valence-electron chi connectivity index (χ0n) is 7.31. The molecule has 3 nitrogen and oxygen atoms in total. The van der Waals surface area contributed by atoms with Crippen molar-refractivity contribution in [2.45, 2.75) is 6.92 Å². The molecule has 1 heterocycles. The molecule has 0 fully saturated rings. The molecule has 0 spiro atoms. The first-order valence-electron chi connectivity index (χ1n) is 4.06. The van der Waals surface area contributed by atoms with Gasteiger partial charge in [-0.2, -0.15) is 0 Å². The van der Waals surface area contributed by atoms with E-state index in [0.29, 0.717) is 0 Å². The number of benzene rings is 1. The molecule has 3 heteroatoms. The van der Waals surface area contributed by atoms with Gasteiger partial charge in [-0.3, -0.25) is 0 Å². The SMILES string of the molecule is Cc1cn(-c2ccc(O)cc2)cn1. The molecule has 0 bridgehead atoms. The van der Waals surface area contributed by atoms with E-state index in [9.17, 15) is 0 Å². The van der Waals surface area contributed by atoms with Crippen molar-refractivity contribution in [1.82, 2.24) is 9.55 Å². The highest BCUT2D eigenvalue weighted by Gasteiger charge is 1.96. The summed E-state index contributed by atoms with van der Waals surface area (Å²) in [5, 5.41) is 9.08. The van der Waals surface area contributed by atoms with Gasteiger partial charge in [0.2, 0.25) is 0 Å². The number of nitrogens with zero attached hydrogens (tertiary/aromatic N) is 2. The highest BCUT2D eigenvalue weighted by atomic mass is 16.3. The van der Waals surface area contributed by atoms with Crippen molar-refractivity contribution in [3.05, 3.63) is 42.5 Å². The quantitative estimate of drug-likeness (QED) is 0.716. The summed E-state index contributed by atoms with van der Waals surface area (Å²) in [6, 6.07) is 7.00. The van der Waals surface area contributed by atoms with Crippen molar-refractivity contribution in [1.29, 1.82) is 0 Å². The van der Waals surface area contributed by atoms with E-state index in [1.165, 1.54) is 0 Å². The van der Waals surface area contributed by atoms with Crippen LogP contribution in [0, 0.1) is 6.92 Å². The largest absolute Gasteiger partial charge is 0.508 e.